The summed E-state index contributed by atoms with van der Waals surface area (Å²) in [7, 11) is 1.64. The smallest absolute Gasteiger partial charge is 0.155 e. The molecule has 48 heavy (non-hydrogen) atoms. The molecule has 0 saturated heterocycles. The third-order valence-corrected chi connectivity index (χ3v) is 10.3. The second-order valence-corrected chi connectivity index (χ2v) is 14.2. The monoisotopic (exact) mass is 677 g/mol. The maximum absolute atomic E-state index is 6.57. The van der Waals surface area contributed by atoms with Gasteiger partial charge in [0, 0.05) is 4.90 Å². The molecule has 0 atom stereocenters. The molecule has 0 spiro atoms. The van der Waals surface area contributed by atoms with E-state index in [1.54, 1.807) is 11.8 Å². The Balaban J connectivity index is 1.55. The zero-order valence-corrected chi connectivity index (χ0v) is 31.7. The normalized spacial score (nSPS) is 11.6. The van der Waals surface area contributed by atoms with Gasteiger partial charge in [-0.2, -0.15) is 5.10 Å². The number of para-hydroxylation sites is 2. The van der Waals surface area contributed by atoms with Crippen molar-refractivity contribution in [1.82, 2.24) is 9.78 Å². The van der Waals surface area contributed by atoms with Gasteiger partial charge in [-0.25, -0.2) is 4.68 Å². The topological polar surface area (TPSA) is 87.0 Å². The number of thioether (sulfide) groups is 1. The summed E-state index contributed by atoms with van der Waals surface area (Å²) in [6.45, 7) is 10.7. The fraction of sp³-hybridized carbons (Fsp3) is 0.625. The fourth-order valence-corrected chi connectivity index (χ4v) is 7.07. The molecule has 0 saturated carbocycles. The molecule has 1 aromatic heterocycles. The van der Waals surface area contributed by atoms with E-state index in [2.05, 4.69) is 50.0 Å². The zero-order valence-electron chi connectivity index (χ0n) is 30.9. The van der Waals surface area contributed by atoms with Crippen LogP contribution in [0.1, 0.15) is 141 Å². The first-order chi connectivity index (χ1) is 23.4. The average Bonchev–Trinajstić information content (AvgIpc) is 3.38. The van der Waals surface area contributed by atoms with Crippen LogP contribution < -0.4 is 15.2 Å². The van der Waals surface area contributed by atoms with Gasteiger partial charge in [0.25, 0.3) is 0 Å². The number of nitrogens with zero attached hydrogens (tertiary/aromatic N) is 4. The van der Waals surface area contributed by atoms with Gasteiger partial charge in [0.15, 0.2) is 11.5 Å². The molecule has 0 aliphatic rings. The zero-order chi connectivity index (χ0) is 34.6. The minimum Gasteiger partial charge on any atom is -0.494 e. The Bertz CT molecular complexity index is 1370. The van der Waals surface area contributed by atoms with E-state index in [9.17, 15) is 0 Å². The molecule has 2 aromatic carbocycles. The van der Waals surface area contributed by atoms with Crippen LogP contribution in [-0.2, 0) is 0 Å². The van der Waals surface area contributed by atoms with E-state index in [4.69, 9.17) is 20.3 Å². The average molecular weight is 678 g/mol. The molecule has 8 heteroatoms. The van der Waals surface area contributed by atoms with E-state index in [1.165, 1.54) is 107 Å². The highest BCUT2D eigenvalue weighted by molar-refractivity contribution is 7.99. The lowest BCUT2D eigenvalue weighted by Crippen LogP contribution is -2.13. The van der Waals surface area contributed by atoms with Crippen LogP contribution in [0.4, 0.5) is 17.2 Å². The fourth-order valence-electron chi connectivity index (χ4n) is 6.02. The highest BCUT2D eigenvalue weighted by atomic mass is 32.2. The molecule has 7 nitrogen and oxygen atoms in total. The van der Waals surface area contributed by atoms with Crippen LogP contribution in [0, 0.1) is 13.8 Å². The second kappa shape index (κ2) is 22.6. The third-order valence-electron chi connectivity index (χ3n) is 9.10. The van der Waals surface area contributed by atoms with Crippen LogP contribution in [-0.4, -0.2) is 28.7 Å². The number of aromatic nitrogens is 2. The Morgan fingerprint density at radius 3 is 1.94 bits per heavy atom. The van der Waals surface area contributed by atoms with Crippen molar-refractivity contribution in [2.45, 2.75) is 155 Å². The van der Waals surface area contributed by atoms with Crippen molar-refractivity contribution in [3.63, 3.8) is 0 Å². The van der Waals surface area contributed by atoms with Gasteiger partial charge in [-0.3, -0.25) is 0 Å². The van der Waals surface area contributed by atoms with Gasteiger partial charge in [-0.1, -0.05) is 123 Å². The quantitative estimate of drug-likeness (QED) is 0.0548. The predicted octanol–water partition coefficient (Wildman–Crippen LogP) is 13.0. The Morgan fingerprint density at radius 1 is 0.771 bits per heavy atom. The summed E-state index contributed by atoms with van der Waals surface area (Å²) in [4.78, 5) is 1.22. The molecular formula is C40H63N5O2S. The van der Waals surface area contributed by atoms with Crippen LogP contribution in [0.5, 0.6) is 11.5 Å². The van der Waals surface area contributed by atoms with Crippen LogP contribution in [0.15, 0.2) is 51.5 Å². The summed E-state index contributed by atoms with van der Waals surface area (Å²) >= 11 is 1.91. The number of aryl methyl sites for hydroxylation is 2. The number of hydrogen-bond donors (Lipinski definition) is 1. The van der Waals surface area contributed by atoms with Crippen molar-refractivity contribution in [3.8, 4) is 17.2 Å². The van der Waals surface area contributed by atoms with Crippen LogP contribution in [0.3, 0.4) is 0 Å². The van der Waals surface area contributed by atoms with Crippen molar-refractivity contribution in [3.05, 3.63) is 47.7 Å². The van der Waals surface area contributed by atoms with Crippen LogP contribution in [0.25, 0.3) is 5.69 Å². The first kappa shape index (κ1) is 39.4. The third kappa shape index (κ3) is 12.8. The van der Waals surface area contributed by atoms with E-state index in [0.29, 0.717) is 22.9 Å². The van der Waals surface area contributed by atoms with Crippen LogP contribution in [0.2, 0.25) is 0 Å². The number of unbranched alkanes of at least 4 members (excludes halogenated alkanes) is 14. The molecule has 0 unspecified atom stereocenters. The SMILES string of the molecule is CCCCCCCCCCCCCCCCCSc1cc(N=Nc2c(C)nn(-c3ccccc3OC)c2N)c(OC(CC)CC)cc1C. The summed E-state index contributed by atoms with van der Waals surface area (Å²) in [6.07, 6.45) is 22.7. The Kier molecular flexibility index (Phi) is 18.6. The number of methoxy groups -OCH3 is 1. The lowest BCUT2D eigenvalue weighted by molar-refractivity contribution is 0.193. The first-order valence-electron chi connectivity index (χ1n) is 18.8. The molecule has 2 N–H and O–H groups in total. The van der Waals surface area contributed by atoms with Crippen molar-refractivity contribution in [2.24, 2.45) is 10.2 Å². The largest absolute Gasteiger partial charge is 0.494 e. The van der Waals surface area contributed by atoms with E-state index < -0.39 is 0 Å². The molecule has 0 amide bonds. The standard InChI is InChI=1S/C40H63N5O2S/c1-7-10-11-12-13-14-15-16-17-18-19-20-21-22-25-28-48-38-30-34(37(29-31(38)4)47-33(8-2)9-3)42-43-39-32(5)44-45(40(39)41)35-26-23-24-27-36(35)46-6/h23-24,26-27,29-30,33H,7-22,25,28,41H2,1-6H3. The molecule has 3 aromatic rings. The van der Waals surface area contributed by atoms with Crippen molar-refractivity contribution in [1.29, 1.82) is 0 Å². The van der Waals surface area contributed by atoms with Gasteiger partial charge >= 0.3 is 0 Å². The van der Waals surface area contributed by atoms with Crippen LogP contribution >= 0.6 is 11.8 Å². The summed E-state index contributed by atoms with van der Waals surface area (Å²) < 4.78 is 13.6. The highest BCUT2D eigenvalue weighted by Gasteiger charge is 2.18. The Labute approximate surface area is 295 Å². The Morgan fingerprint density at radius 2 is 1.35 bits per heavy atom. The van der Waals surface area contributed by atoms with Gasteiger partial charge in [0.2, 0.25) is 0 Å². The summed E-state index contributed by atoms with van der Waals surface area (Å²) in [5, 5.41) is 14.0. The van der Waals surface area contributed by atoms with E-state index in [-0.39, 0.29) is 6.10 Å². The molecule has 3 rings (SSSR count). The number of benzene rings is 2. The molecule has 0 radical (unpaired) electrons. The van der Waals surface area contributed by atoms with E-state index >= 15 is 0 Å². The molecular weight excluding hydrogens is 615 g/mol. The van der Waals surface area contributed by atoms with Gasteiger partial charge in [0.05, 0.1) is 18.9 Å². The highest BCUT2D eigenvalue weighted by Crippen LogP contribution is 2.39. The molecule has 0 fully saturated rings. The minimum absolute atomic E-state index is 0.122. The number of rotatable bonds is 25. The maximum atomic E-state index is 6.57. The number of nitrogens with two attached hydrogens (primary N) is 1. The number of nitrogen functional groups attached to an aromatic ring is 1. The molecule has 0 aliphatic heterocycles. The molecule has 266 valence electrons. The van der Waals surface area contributed by atoms with E-state index in [0.717, 1.165) is 35.7 Å². The van der Waals surface area contributed by atoms with Gasteiger partial charge in [-0.05, 0) is 68.7 Å². The lowest BCUT2D eigenvalue weighted by atomic mass is 10.0. The molecule has 0 bridgehead atoms. The Hall–Kier alpha value is -3.00. The van der Waals surface area contributed by atoms with Crippen molar-refractivity contribution < 1.29 is 9.47 Å². The first-order valence-corrected chi connectivity index (χ1v) is 19.8. The van der Waals surface area contributed by atoms with Gasteiger partial charge in [-0.15, -0.1) is 22.0 Å². The van der Waals surface area contributed by atoms with Crippen molar-refractivity contribution >= 4 is 29.0 Å². The summed E-state index contributed by atoms with van der Waals surface area (Å²) in [6, 6.07) is 11.9. The molecule has 1 heterocycles. The second-order valence-electron chi connectivity index (χ2n) is 13.0. The van der Waals surface area contributed by atoms with Crippen molar-refractivity contribution in [2.75, 3.05) is 18.6 Å². The minimum atomic E-state index is 0.122. The van der Waals surface area contributed by atoms with Gasteiger partial charge < -0.3 is 15.2 Å². The number of ether oxygens (including phenoxy) is 2. The predicted molar refractivity (Wildman–Crippen MR) is 205 cm³/mol. The number of azo groups is 1. The molecule has 0 aliphatic carbocycles. The lowest BCUT2D eigenvalue weighted by Gasteiger charge is -2.18. The number of anilines is 1. The summed E-state index contributed by atoms with van der Waals surface area (Å²) in [5.74, 6) is 2.96. The maximum Gasteiger partial charge on any atom is 0.155 e. The van der Waals surface area contributed by atoms with Gasteiger partial charge in [0.1, 0.15) is 22.9 Å². The van der Waals surface area contributed by atoms with E-state index in [1.807, 2.05) is 43.0 Å². The number of hydrogen-bond acceptors (Lipinski definition) is 7. The summed E-state index contributed by atoms with van der Waals surface area (Å²) in [5.41, 5.74) is 10.5.